The summed E-state index contributed by atoms with van der Waals surface area (Å²) in [5, 5.41) is 9.66. The van der Waals surface area contributed by atoms with E-state index in [1.54, 1.807) is 12.1 Å². The molecule has 2 aromatic carbocycles. The molecule has 4 heteroatoms. The number of aryl methyl sites for hydroxylation is 2. The molecular formula is C22H18ClFN2. The van der Waals surface area contributed by atoms with Crippen molar-refractivity contribution in [2.75, 3.05) is 0 Å². The minimum absolute atomic E-state index is 0.0875. The van der Waals surface area contributed by atoms with Gasteiger partial charge in [0.25, 0.3) is 0 Å². The SMILES string of the molecule is Cc1ccc(C(C#N)=Cc2cc(C)n(-c3ccc(F)c(Cl)c3)c2C)cc1. The van der Waals surface area contributed by atoms with Crippen molar-refractivity contribution in [3.63, 3.8) is 0 Å². The van der Waals surface area contributed by atoms with Crippen molar-refractivity contribution in [2.45, 2.75) is 20.8 Å². The number of benzene rings is 2. The zero-order valence-corrected chi connectivity index (χ0v) is 15.6. The highest BCUT2D eigenvalue weighted by Gasteiger charge is 2.12. The summed E-state index contributed by atoms with van der Waals surface area (Å²) in [4.78, 5) is 0. The minimum atomic E-state index is -0.441. The average molecular weight is 365 g/mol. The molecule has 1 heterocycles. The van der Waals surface area contributed by atoms with Gasteiger partial charge in [-0.3, -0.25) is 0 Å². The van der Waals surface area contributed by atoms with Crippen LogP contribution in [0.1, 0.15) is 28.1 Å². The van der Waals surface area contributed by atoms with Crippen molar-refractivity contribution < 1.29 is 4.39 Å². The van der Waals surface area contributed by atoms with E-state index in [9.17, 15) is 9.65 Å². The number of nitriles is 1. The summed E-state index contributed by atoms with van der Waals surface area (Å²) >= 11 is 5.93. The highest BCUT2D eigenvalue weighted by molar-refractivity contribution is 6.30. The van der Waals surface area contributed by atoms with Crippen molar-refractivity contribution in [1.29, 1.82) is 5.26 Å². The lowest BCUT2D eigenvalue weighted by Gasteiger charge is -2.10. The van der Waals surface area contributed by atoms with E-state index >= 15 is 0 Å². The first kappa shape index (κ1) is 18.0. The maximum absolute atomic E-state index is 13.5. The van der Waals surface area contributed by atoms with E-state index in [1.807, 2.05) is 61.7 Å². The lowest BCUT2D eigenvalue weighted by atomic mass is 10.0. The molecule has 0 aliphatic carbocycles. The van der Waals surface area contributed by atoms with E-state index in [0.29, 0.717) is 5.57 Å². The van der Waals surface area contributed by atoms with E-state index in [1.165, 1.54) is 6.07 Å². The number of nitrogens with zero attached hydrogens (tertiary/aromatic N) is 2. The van der Waals surface area contributed by atoms with Gasteiger partial charge in [-0.2, -0.15) is 5.26 Å². The lowest BCUT2D eigenvalue weighted by Crippen LogP contribution is -1.99. The van der Waals surface area contributed by atoms with Gasteiger partial charge in [0.2, 0.25) is 0 Å². The molecule has 0 spiro atoms. The first-order valence-electron chi connectivity index (χ1n) is 8.24. The van der Waals surface area contributed by atoms with E-state index in [4.69, 9.17) is 11.6 Å². The molecule has 0 aliphatic heterocycles. The molecule has 0 fully saturated rings. The van der Waals surface area contributed by atoms with Crippen LogP contribution in [-0.2, 0) is 0 Å². The van der Waals surface area contributed by atoms with Gasteiger partial charge in [-0.1, -0.05) is 41.4 Å². The van der Waals surface area contributed by atoms with Crippen LogP contribution in [0.25, 0.3) is 17.3 Å². The zero-order chi connectivity index (χ0) is 18.8. The summed E-state index contributed by atoms with van der Waals surface area (Å²) in [5.74, 6) is -0.441. The highest BCUT2D eigenvalue weighted by atomic mass is 35.5. The monoisotopic (exact) mass is 364 g/mol. The zero-order valence-electron chi connectivity index (χ0n) is 14.8. The first-order chi connectivity index (χ1) is 12.4. The molecule has 0 atom stereocenters. The molecule has 1 aromatic heterocycles. The standard InChI is InChI=1S/C22H18ClFN2/c1-14-4-6-17(7-5-14)19(13-25)11-18-10-15(2)26(16(18)3)20-8-9-22(24)21(23)12-20/h4-12H,1-3H3. The summed E-state index contributed by atoms with van der Waals surface area (Å²) in [6.07, 6.45) is 1.88. The largest absolute Gasteiger partial charge is 0.318 e. The van der Waals surface area contributed by atoms with Crippen molar-refractivity contribution in [1.82, 2.24) is 4.57 Å². The van der Waals surface area contributed by atoms with Crippen LogP contribution < -0.4 is 0 Å². The fourth-order valence-electron chi connectivity index (χ4n) is 3.02. The molecule has 0 aliphatic rings. The number of hydrogen-bond acceptors (Lipinski definition) is 1. The van der Waals surface area contributed by atoms with Gasteiger partial charge in [0.05, 0.1) is 16.7 Å². The molecule has 0 saturated carbocycles. The van der Waals surface area contributed by atoms with Crippen molar-refractivity contribution in [3.8, 4) is 11.8 Å². The van der Waals surface area contributed by atoms with E-state index in [0.717, 1.165) is 33.8 Å². The van der Waals surface area contributed by atoms with Crippen LogP contribution in [0.5, 0.6) is 0 Å². The van der Waals surface area contributed by atoms with Gasteiger partial charge in [-0.15, -0.1) is 0 Å². The van der Waals surface area contributed by atoms with Gasteiger partial charge in [0, 0.05) is 17.1 Å². The van der Waals surface area contributed by atoms with Crippen molar-refractivity contribution in [2.24, 2.45) is 0 Å². The van der Waals surface area contributed by atoms with Gasteiger partial charge >= 0.3 is 0 Å². The quantitative estimate of drug-likeness (QED) is 0.504. The molecule has 130 valence electrons. The van der Waals surface area contributed by atoms with Crippen LogP contribution in [0, 0.1) is 37.9 Å². The second-order valence-electron chi connectivity index (χ2n) is 6.30. The lowest BCUT2D eigenvalue weighted by molar-refractivity contribution is 0.627. The molecule has 2 nitrogen and oxygen atoms in total. The smallest absolute Gasteiger partial charge is 0.141 e. The van der Waals surface area contributed by atoms with Crippen LogP contribution in [0.3, 0.4) is 0 Å². The molecule has 0 amide bonds. The van der Waals surface area contributed by atoms with Crippen LogP contribution in [0.15, 0.2) is 48.5 Å². The Morgan fingerprint density at radius 3 is 2.38 bits per heavy atom. The second-order valence-corrected chi connectivity index (χ2v) is 6.70. The van der Waals surface area contributed by atoms with Crippen LogP contribution in [0.4, 0.5) is 4.39 Å². The summed E-state index contributed by atoms with van der Waals surface area (Å²) in [5.41, 5.74) is 6.31. The van der Waals surface area contributed by atoms with E-state index in [-0.39, 0.29) is 5.02 Å². The van der Waals surface area contributed by atoms with Gasteiger partial charge in [-0.05, 0) is 62.2 Å². The van der Waals surface area contributed by atoms with Gasteiger partial charge < -0.3 is 4.57 Å². The molecule has 26 heavy (non-hydrogen) atoms. The Balaban J connectivity index is 2.08. The number of hydrogen-bond donors (Lipinski definition) is 0. The molecule has 3 rings (SSSR count). The molecule has 0 bridgehead atoms. The Labute approximate surface area is 157 Å². The summed E-state index contributed by atoms with van der Waals surface area (Å²) in [6, 6.07) is 16.8. The summed E-state index contributed by atoms with van der Waals surface area (Å²) < 4.78 is 15.5. The third kappa shape index (κ3) is 3.42. The minimum Gasteiger partial charge on any atom is -0.318 e. The van der Waals surface area contributed by atoms with Crippen LogP contribution in [-0.4, -0.2) is 4.57 Å². The molecule has 0 N–H and O–H groups in total. The molecular weight excluding hydrogens is 347 g/mol. The fourth-order valence-corrected chi connectivity index (χ4v) is 3.20. The van der Waals surface area contributed by atoms with Crippen LogP contribution >= 0.6 is 11.6 Å². The fraction of sp³-hybridized carbons (Fsp3) is 0.136. The number of rotatable bonds is 3. The topological polar surface area (TPSA) is 28.7 Å². The number of halogens is 2. The van der Waals surface area contributed by atoms with Crippen molar-refractivity contribution >= 4 is 23.3 Å². The Kier molecular flexibility index (Phi) is 4.97. The maximum Gasteiger partial charge on any atom is 0.141 e. The molecule has 3 aromatic rings. The summed E-state index contributed by atoms with van der Waals surface area (Å²) in [7, 11) is 0. The highest BCUT2D eigenvalue weighted by Crippen LogP contribution is 2.27. The normalized spacial score (nSPS) is 11.5. The van der Waals surface area contributed by atoms with E-state index < -0.39 is 5.82 Å². The second kappa shape index (κ2) is 7.19. The predicted octanol–water partition coefficient (Wildman–Crippen LogP) is 6.26. The third-order valence-electron chi connectivity index (χ3n) is 4.41. The average Bonchev–Trinajstić information content (AvgIpc) is 2.90. The van der Waals surface area contributed by atoms with Crippen molar-refractivity contribution in [3.05, 3.63) is 87.4 Å². The van der Waals surface area contributed by atoms with E-state index in [2.05, 4.69) is 6.07 Å². The molecule has 0 unspecified atom stereocenters. The third-order valence-corrected chi connectivity index (χ3v) is 4.70. The van der Waals surface area contributed by atoms with Gasteiger partial charge in [-0.25, -0.2) is 4.39 Å². The maximum atomic E-state index is 13.5. The Bertz CT molecular complexity index is 1040. The Hall–Kier alpha value is -2.83. The number of allylic oxidation sites excluding steroid dienone is 1. The Morgan fingerprint density at radius 1 is 1.08 bits per heavy atom. The predicted molar refractivity (Wildman–Crippen MR) is 105 cm³/mol. The first-order valence-corrected chi connectivity index (χ1v) is 8.61. The molecule has 0 radical (unpaired) electrons. The van der Waals surface area contributed by atoms with Crippen LogP contribution in [0.2, 0.25) is 5.02 Å². The summed E-state index contributed by atoms with van der Waals surface area (Å²) in [6.45, 7) is 5.96. The Morgan fingerprint density at radius 2 is 1.77 bits per heavy atom. The number of aromatic nitrogens is 1. The van der Waals surface area contributed by atoms with Gasteiger partial charge in [0.1, 0.15) is 5.82 Å². The molecule has 0 saturated heterocycles. The van der Waals surface area contributed by atoms with Gasteiger partial charge in [0.15, 0.2) is 0 Å².